The predicted molar refractivity (Wildman–Crippen MR) is 62.1 cm³/mol. The molecule has 2 nitrogen and oxygen atoms in total. The van der Waals surface area contributed by atoms with Crippen molar-refractivity contribution in [2.24, 2.45) is 5.73 Å². The standard InChI is InChI=1S/C13H16F3NO/c14-13(15,16)10-5-3-9(4-6-10)8-11(17)12-2-1-7-18-12/h3-6,11-12H,1-2,7-8,17H2. The molecule has 0 aliphatic carbocycles. The first-order valence-corrected chi connectivity index (χ1v) is 6.00. The Morgan fingerprint density at radius 3 is 2.44 bits per heavy atom. The molecule has 1 fully saturated rings. The Morgan fingerprint density at radius 2 is 1.94 bits per heavy atom. The van der Waals surface area contributed by atoms with Crippen molar-refractivity contribution in [1.82, 2.24) is 0 Å². The fraction of sp³-hybridized carbons (Fsp3) is 0.538. The molecule has 1 heterocycles. The Labute approximate surface area is 104 Å². The van der Waals surface area contributed by atoms with Gasteiger partial charge in [-0.15, -0.1) is 0 Å². The summed E-state index contributed by atoms with van der Waals surface area (Å²) in [6, 6.07) is 5.01. The Hall–Kier alpha value is -1.07. The molecule has 1 aliphatic rings. The molecule has 0 amide bonds. The molecule has 1 aromatic rings. The van der Waals surface area contributed by atoms with Gasteiger partial charge in [-0.25, -0.2) is 0 Å². The van der Waals surface area contributed by atoms with E-state index in [2.05, 4.69) is 0 Å². The second kappa shape index (κ2) is 5.28. The number of rotatable bonds is 3. The molecule has 0 aromatic heterocycles. The van der Waals surface area contributed by atoms with Gasteiger partial charge in [-0.05, 0) is 37.0 Å². The van der Waals surface area contributed by atoms with Crippen LogP contribution in [0.15, 0.2) is 24.3 Å². The van der Waals surface area contributed by atoms with Crippen LogP contribution in [0.25, 0.3) is 0 Å². The van der Waals surface area contributed by atoms with Crippen LogP contribution in [0.5, 0.6) is 0 Å². The van der Waals surface area contributed by atoms with Crippen LogP contribution >= 0.6 is 0 Å². The number of nitrogens with two attached hydrogens (primary N) is 1. The van der Waals surface area contributed by atoms with Gasteiger partial charge in [0.1, 0.15) is 0 Å². The SMILES string of the molecule is NC(Cc1ccc(C(F)(F)F)cc1)C1CCCO1. The fourth-order valence-electron chi connectivity index (χ4n) is 2.17. The van der Waals surface area contributed by atoms with Gasteiger partial charge in [0.05, 0.1) is 11.7 Å². The first-order valence-electron chi connectivity index (χ1n) is 6.00. The van der Waals surface area contributed by atoms with Crippen molar-refractivity contribution in [3.05, 3.63) is 35.4 Å². The number of alkyl halides is 3. The topological polar surface area (TPSA) is 35.2 Å². The van der Waals surface area contributed by atoms with E-state index in [1.54, 1.807) is 0 Å². The van der Waals surface area contributed by atoms with Gasteiger partial charge in [-0.3, -0.25) is 0 Å². The van der Waals surface area contributed by atoms with Gasteiger partial charge in [-0.2, -0.15) is 13.2 Å². The van der Waals surface area contributed by atoms with E-state index >= 15 is 0 Å². The number of benzene rings is 1. The minimum atomic E-state index is -4.28. The molecule has 2 atom stereocenters. The van der Waals surface area contributed by atoms with Crippen molar-refractivity contribution in [2.75, 3.05) is 6.61 Å². The number of hydrogen-bond donors (Lipinski definition) is 1. The molecule has 2 unspecified atom stereocenters. The summed E-state index contributed by atoms with van der Waals surface area (Å²) >= 11 is 0. The summed E-state index contributed by atoms with van der Waals surface area (Å²) in [5, 5.41) is 0. The van der Waals surface area contributed by atoms with Crippen molar-refractivity contribution in [3.8, 4) is 0 Å². The van der Waals surface area contributed by atoms with Gasteiger partial charge in [0.2, 0.25) is 0 Å². The summed E-state index contributed by atoms with van der Waals surface area (Å²) in [6.07, 6.45) is -1.77. The minimum Gasteiger partial charge on any atom is -0.377 e. The number of halogens is 3. The van der Waals surface area contributed by atoms with E-state index in [-0.39, 0.29) is 12.1 Å². The first-order chi connectivity index (χ1) is 8.47. The third-order valence-electron chi connectivity index (χ3n) is 3.20. The molecule has 18 heavy (non-hydrogen) atoms. The van der Waals surface area contributed by atoms with E-state index < -0.39 is 11.7 Å². The summed E-state index contributed by atoms with van der Waals surface area (Å²) in [5.41, 5.74) is 6.17. The lowest BCUT2D eigenvalue weighted by Gasteiger charge is -2.18. The molecule has 0 saturated carbocycles. The zero-order chi connectivity index (χ0) is 13.2. The Bertz CT molecular complexity index is 382. The second-order valence-corrected chi connectivity index (χ2v) is 4.61. The lowest BCUT2D eigenvalue weighted by atomic mass is 9.99. The van der Waals surface area contributed by atoms with Crippen LogP contribution in [0.4, 0.5) is 13.2 Å². The third kappa shape index (κ3) is 3.23. The van der Waals surface area contributed by atoms with Crippen molar-refractivity contribution >= 4 is 0 Å². The molecule has 1 saturated heterocycles. The number of hydrogen-bond acceptors (Lipinski definition) is 2. The smallest absolute Gasteiger partial charge is 0.377 e. The largest absolute Gasteiger partial charge is 0.416 e. The van der Waals surface area contributed by atoms with E-state index in [1.807, 2.05) is 0 Å². The van der Waals surface area contributed by atoms with Gasteiger partial charge in [0.25, 0.3) is 0 Å². The Balaban J connectivity index is 1.97. The maximum Gasteiger partial charge on any atom is 0.416 e. The lowest BCUT2D eigenvalue weighted by molar-refractivity contribution is -0.137. The van der Waals surface area contributed by atoms with E-state index in [0.717, 1.165) is 37.1 Å². The maximum absolute atomic E-state index is 12.4. The highest BCUT2D eigenvalue weighted by Crippen LogP contribution is 2.29. The summed E-state index contributed by atoms with van der Waals surface area (Å²) in [7, 11) is 0. The first kappa shape index (κ1) is 13.4. The van der Waals surface area contributed by atoms with Gasteiger partial charge in [0, 0.05) is 12.6 Å². The van der Waals surface area contributed by atoms with Crippen LogP contribution in [0.1, 0.15) is 24.0 Å². The maximum atomic E-state index is 12.4. The molecular weight excluding hydrogens is 243 g/mol. The molecule has 0 spiro atoms. The summed E-state index contributed by atoms with van der Waals surface area (Å²) in [5.74, 6) is 0. The van der Waals surface area contributed by atoms with Crippen molar-refractivity contribution in [2.45, 2.75) is 37.6 Å². The molecule has 5 heteroatoms. The van der Waals surface area contributed by atoms with Gasteiger partial charge < -0.3 is 10.5 Å². The molecule has 100 valence electrons. The normalized spacial score (nSPS) is 22.1. The van der Waals surface area contributed by atoms with Gasteiger partial charge in [-0.1, -0.05) is 12.1 Å². The monoisotopic (exact) mass is 259 g/mol. The van der Waals surface area contributed by atoms with Crippen LogP contribution in [0.3, 0.4) is 0 Å². The highest BCUT2D eigenvalue weighted by atomic mass is 19.4. The van der Waals surface area contributed by atoms with E-state index in [1.165, 1.54) is 12.1 Å². The quantitative estimate of drug-likeness (QED) is 0.905. The van der Waals surface area contributed by atoms with E-state index in [4.69, 9.17) is 10.5 Å². The molecule has 2 N–H and O–H groups in total. The lowest BCUT2D eigenvalue weighted by Crippen LogP contribution is -2.36. The van der Waals surface area contributed by atoms with Crippen LogP contribution < -0.4 is 5.73 Å². The molecule has 1 aromatic carbocycles. The Kier molecular flexibility index (Phi) is 3.92. The molecule has 0 bridgehead atoms. The summed E-state index contributed by atoms with van der Waals surface area (Å²) in [4.78, 5) is 0. The zero-order valence-corrected chi connectivity index (χ0v) is 9.91. The van der Waals surface area contributed by atoms with Gasteiger partial charge in [0.15, 0.2) is 0 Å². The molecule has 0 radical (unpaired) electrons. The van der Waals surface area contributed by atoms with Gasteiger partial charge >= 0.3 is 6.18 Å². The van der Waals surface area contributed by atoms with Crippen LogP contribution in [-0.4, -0.2) is 18.8 Å². The predicted octanol–water partition coefficient (Wildman–Crippen LogP) is 2.75. The van der Waals surface area contributed by atoms with Crippen molar-refractivity contribution in [3.63, 3.8) is 0 Å². The molecule has 1 aliphatic heterocycles. The van der Waals surface area contributed by atoms with E-state index in [9.17, 15) is 13.2 Å². The van der Waals surface area contributed by atoms with Crippen LogP contribution in [-0.2, 0) is 17.3 Å². The average Bonchev–Trinajstić information content (AvgIpc) is 2.82. The van der Waals surface area contributed by atoms with E-state index in [0.29, 0.717) is 6.42 Å². The highest BCUT2D eigenvalue weighted by Gasteiger charge is 2.30. The van der Waals surface area contributed by atoms with Crippen molar-refractivity contribution < 1.29 is 17.9 Å². The Morgan fingerprint density at radius 1 is 1.28 bits per heavy atom. The summed E-state index contributed by atoms with van der Waals surface area (Å²) < 4.78 is 42.6. The average molecular weight is 259 g/mol. The molecular formula is C13H16F3NO. The highest BCUT2D eigenvalue weighted by molar-refractivity contribution is 5.25. The minimum absolute atomic E-state index is 0.0345. The van der Waals surface area contributed by atoms with Crippen LogP contribution in [0.2, 0.25) is 0 Å². The van der Waals surface area contributed by atoms with Crippen LogP contribution in [0, 0.1) is 0 Å². The third-order valence-corrected chi connectivity index (χ3v) is 3.20. The number of ether oxygens (including phenoxy) is 1. The summed E-state index contributed by atoms with van der Waals surface area (Å²) in [6.45, 7) is 0.728. The zero-order valence-electron chi connectivity index (χ0n) is 9.91. The second-order valence-electron chi connectivity index (χ2n) is 4.61. The fourth-order valence-corrected chi connectivity index (χ4v) is 2.17. The molecule has 2 rings (SSSR count). The van der Waals surface area contributed by atoms with Crippen molar-refractivity contribution in [1.29, 1.82) is 0 Å².